The molecule has 2 N–H and O–H groups in total. The van der Waals surface area contributed by atoms with Gasteiger partial charge in [0.2, 0.25) is 10.0 Å². The second-order valence-corrected chi connectivity index (χ2v) is 7.71. The van der Waals surface area contributed by atoms with E-state index < -0.39 is 10.0 Å². The summed E-state index contributed by atoms with van der Waals surface area (Å²) in [6.07, 6.45) is 8.69. The monoisotopic (exact) mass is 294 g/mol. The molecule has 6 heteroatoms. The highest BCUT2D eigenvalue weighted by Crippen LogP contribution is 2.07. The molecule has 1 heterocycles. The molecule has 0 bridgehead atoms. The van der Waals surface area contributed by atoms with Crippen LogP contribution in [-0.2, 0) is 10.0 Å². The van der Waals surface area contributed by atoms with Crippen LogP contribution in [0.5, 0.6) is 0 Å². The van der Waals surface area contributed by atoms with E-state index in [0.29, 0.717) is 6.54 Å². The van der Waals surface area contributed by atoms with Crippen molar-refractivity contribution in [2.24, 2.45) is 0 Å². The molecule has 18 heavy (non-hydrogen) atoms. The molecular weight excluding hydrogens is 268 g/mol. The molecule has 0 aromatic heterocycles. The molecule has 0 amide bonds. The summed E-state index contributed by atoms with van der Waals surface area (Å²) in [5.74, 6) is 1.44. The molecule has 1 rings (SSSR count). The highest BCUT2D eigenvalue weighted by atomic mass is 32.2. The van der Waals surface area contributed by atoms with Gasteiger partial charge in [0.15, 0.2) is 0 Å². The van der Waals surface area contributed by atoms with Crippen LogP contribution < -0.4 is 10.0 Å². The van der Waals surface area contributed by atoms with Gasteiger partial charge in [-0.25, -0.2) is 13.1 Å². The van der Waals surface area contributed by atoms with Crippen LogP contribution in [0.1, 0.15) is 38.5 Å². The van der Waals surface area contributed by atoms with E-state index in [2.05, 4.69) is 16.3 Å². The zero-order chi connectivity index (χ0) is 13.3. The van der Waals surface area contributed by atoms with Gasteiger partial charge in [0, 0.05) is 12.6 Å². The fraction of sp³-hybridized carbons (Fsp3) is 1.00. The lowest BCUT2D eigenvalue weighted by Gasteiger charge is -2.11. The third-order valence-electron chi connectivity index (χ3n) is 3.18. The topological polar surface area (TPSA) is 58.2 Å². The maximum Gasteiger partial charge on any atom is 0.213 e. The highest BCUT2D eigenvalue weighted by molar-refractivity contribution is 7.98. The largest absolute Gasteiger partial charge is 0.313 e. The van der Waals surface area contributed by atoms with Gasteiger partial charge in [-0.3, -0.25) is 0 Å². The van der Waals surface area contributed by atoms with E-state index in [9.17, 15) is 8.42 Å². The maximum absolute atomic E-state index is 11.8. The first-order valence-electron chi connectivity index (χ1n) is 6.84. The summed E-state index contributed by atoms with van der Waals surface area (Å²) >= 11 is 1.87. The average molecular weight is 294 g/mol. The van der Waals surface area contributed by atoms with Crippen LogP contribution in [0.3, 0.4) is 0 Å². The van der Waals surface area contributed by atoms with E-state index in [0.717, 1.165) is 32.2 Å². The molecule has 0 aromatic carbocycles. The Kier molecular flexibility index (Phi) is 8.30. The highest BCUT2D eigenvalue weighted by Gasteiger charge is 2.21. The predicted molar refractivity (Wildman–Crippen MR) is 79.7 cm³/mol. The van der Waals surface area contributed by atoms with Crippen molar-refractivity contribution in [1.29, 1.82) is 0 Å². The fourth-order valence-corrected chi connectivity index (χ4v) is 4.06. The fourth-order valence-electron chi connectivity index (χ4n) is 2.18. The first kappa shape index (κ1) is 16.3. The van der Waals surface area contributed by atoms with E-state index in [4.69, 9.17) is 0 Å². The summed E-state index contributed by atoms with van der Waals surface area (Å²) in [6.45, 7) is 1.55. The van der Waals surface area contributed by atoms with E-state index in [-0.39, 0.29) is 11.8 Å². The van der Waals surface area contributed by atoms with Gasteiger partial charge in [-0.1, -0.05) is 12.8 Å². The van der Waals surface area contributed by atoms with Crippen LogP contribution in [0.25, 0.3) is 0 Å². The van der Waals surface area contributed by atoms with Crippen LogP contribution in [0.2, 0.25) is 0 Å². The molecule has 1 atom stereocenters. The van der Waals surface area contributed by atoms with Crippen molar-refractivity contribution in [1.82, 2.24) is 10.0 Å². The lowest BCUT2D eigenvalue weighted by molar-refractivity contribution is 0.558. The van der Waals surface area contributed by atoms with Crippen molar-refractivity contribution in [3.05, 3.63) is 0 Å². The van der Waals surface area contributed by atoms with Crippen molar-refractivity contribution < 1.29 is 8.42 Å². The van der Waals surface area contributed by atoms with E-state index in [1.807, 2.05) is 11.8 Å². The van der Waals surface area contributed by atoms with Crippen LogP contribution in [0.4, 0.5) is 0 Å². The second-order valence-electron chi connectivity index (χ2n) is 4.88. The van der Waals surface area contributed by atoms with Crippen LogP contribution >= 0.6 is 11.8 Å². The van der Waals surface area contributed by atoms with Crippen molar-refractivity contribution in [2.45, 2.75) is 44.6 Å². The first-order chi connectivity index (χ1) is 8.64. The number of unbranched alkanes of at least 4 members (excludes halogenated alkanes) is 3. The number of thioether (sulfide) groups is 1. The molecule has 0 spiro atoms. The predicted octanol–water partition coefficient (Wildman–Crippen LogP) is 1.58. The number of sulfonamides is 1. The molecule has 1 aliphatic rings. The van der Waals surface area contributed by atoms with Crippen molar-refractivity contribution in [3.63, 3.8) is 0 Å². The zero-order valence-electron chi connectivity index (χ0n) is 11.3. The molecule has 0 radical (unpaired) electrons. The van der Waals surface area contributed by atoms with Gasteiger partial charge in [-0.15, -0.1) is 0 Å². The Morgan fingerprint density at radius 3 is 2.72 bits per heavy atom. The summed E-state index contributed by atoms with van der Waals surface area (Å²) in [7, 11) is -3.08. The first-order valence-corrected chi connectivity index (χ1v) is 9.88. The van der Waals surface area contributed by atoms with Gasteiger partial charge in [0.05, 0.1) is 5.75 Å². The number of nitrogens with one attached hydrogen (secondary N) is 2. The van der Waals surface area contributed by atoms with E-state index in [1.165, 1.54) is 18.6 Å². The average Bonchev–Trinajstić information content (AvgIpc) is 2.80. The third-order valence-corrected chi connectivity index (χ3v) is 5.36. The van der Waals surface area contributed by atoms with Crippen molar-refractivity contribution in [2.75, 3.05) is 30.9 Å². The van der Waals surface area contributed by atoms with Gasteiger partial charge >= 0.3 is 0 Å². The summed E-state index contributed by atoms with van der Waals surface area (Å²) < 4.78 is 26.2. The Hall–Kier alpha value is 0.220. The molecule has 1 aliphatic heterocycles. The summed E-state index contributed by atoms with van der Waals surface area (Å²) in [6, 6.07) is 0.157. The maximum atomic E-state index is 11.8. The molecule has 4 nitrogen and oxygen atoms in total. The van der Waals surface area contributed by atoms with Gasteiger partial charge in [0.1, 0.15) is 0 Å². The smallest absolute Gasteiger partial charge is 0.213 e. The minimum Gasteiger partial charge on any atom is -0.313 e. The summed E-state index contributed by atoms with van der Waals surface area (Å²) in [5.41, 5.74) is 0. The van der Waals surface area contributed by atoms with Crippen LogP contribution in [0.15, 0.2) is 0 Å². The third kappa shape index (κ3) is 7.61. The Morgan fingerprint density at radius 1 is 1.28 bits per heavy atom. The SMILES string of the molecule is CSCCCCCCNS(=O)(=O)CC1CCCN1. The van der Waals surface area contributed by atoms with Crippen molar-refractivity contribution >= 4 is 21.8 Å². The van der Waals surface area contributed by atoms with Gasteiger partial charge in [-0.05, 0) is 44.2 Å². The zero-order valence-corrected chi connectivity index (χ0v) is 12.9. The minimum atomic E-state index is -3.08. The van der Waals surface area contributed by atoms with E-state index in [1.54, 1.807) is 0 Å². The Bertz CT molecular complexity index is 301. The van der Waals surface area contributed by atoms with Gasteiger partial charge in [-0.2, -0.15) is 11.8 Å². The van der Waals surface area contributed by atoms with E-state index >= 15 is 0 Å². The van der Waals surface area contributed by atoms with Gasteiger partial charge < -0.3 is 5.32 Å². The Balaban J connectivity index is 2.02. The van der Waals surface area contributed by atoms with Crippen LogP contribution in [-0.4, -0.2) is 45.3 Å². The molecule has 0 aliphatic carbocycles. The number of hydrogen-bond acceptors (Lipinski definition) is 4. The normalized spacial score (nSPS) is 20.4. The summed E-state index contributed by atoms with van der Waals surface area (Å²) in [4.78, 5) is 0. The van der Waals surface area contributed by atoms with Crippen molar-refractivity contribution in [3.8, 4) is 0 Å². The molecule has 0 aromatic rings. The molecule has 0 saturated carbocycles. The molecular formula is C12H26N2O2S2. The standard InChI is InChI=1S/C12H26N2O2S2/c1-17-10-5-3-2-4-9-14-18(15,16)11-12-7-6-8-13-12/h12-14H,2-11H2,1H3. The van der Waals surface area contributed by atoms with Crippen LogP contribution in [0, 0.1) is 0 Å². The lowest BCUT2D eigenvalue weighted by Crippen LogP contribution is -2.36. The minimum absolute atomic E-state index is 0.157. The summed E-state index contributed by atoms with van der Waals surface area (Å²) in [5, 5.41) is 3.22. The number of rotatable bonds is 10. The molecule has 1 saturated heterocycles. The number of hydrogen-bond donors (Lipinski definition) is 2. The van der Waals surface area contributed by atoms with Gasteiger partial charge in [0.25, 0.3) is 0 Å². The Labute approximate surface area is 116 Å². The Morgan fingerprint density at radius 2 is 2.06 bits per heavy atom. The molecule has 1 fully saturated rings. The molecule has 1 unspecified atom stereocenters. The molecule has 108 valence electrons. The lowest BCUT2D eigenvalue weighted by atomic mass is 10.2. The quantitative estimate of drug-likeness (QED) is 0.601. The second kappa shape index (κ2) is 9.18.